The molecule has 0 bridgehead atoms. The van der Waals surface area contributed by atoms with E-state index in [0.29, 0.717) is 11.6 Å². The first-order valence-electron chi connectivity index (χ1n) is 4.95. The van der Waals surface area contributed by atoms with Gasteiger partial charge in [-0.2, -0.15) is 0 Å². The molecule has 1 aliphatic heterocycles. The fraction of sp³-hybridized carbons (Fsp3) is 0.182. The van der Waals surface area contributed by atoms with Crippen molar-refractivity contribution in [2.45, 2.75) is 6.10 Å². The number of halogens is 1. The number of carbonyl (C=O) groups excluding carboxylic acids is 1. The third-order valence-corrected chi connectivity index (χ3v) is 2.94. The van der Waals surface area contributed by atoms with Gasteiger partial charge in [0.15, 0.2) is 0 Å². The minimum atomic E-state index is -0.367. The van der Waals surface area contributed by atoms with Crippen LogP contribution in [0.5, 0.6) is 0 Å². The van der Waals surface area contributed by atoms with Gasteiger partial charge < -0.3 is 15.0 Å². The molecule has 82 valence electrons. The van der Waals surface area contributed by atoms with Crippen molar-refractivity contribution in [1.82, 2.24) is 10.3 Å². The molecule has 1 aromatic heterocycles. The molecule has 1 fully saturated rings. The number of alkyl carbamates (subject to hydrolysis) is 1. The summed E-state index contributed by atoms with van der Waals surface area (Å²) in [5.74, 6) is 0. The average molecular weight is 237 g/mol. The molecule has 1 aromatic carbocycles. The van der Waals surface area contributed by atoms with Gasteiger partial charge in [-0.15, -0.1) is 0 Å². The molecule has 5 heteroatoms. The Morgan fingerprint density at radius 2 is 2.31 bits per heavy atom. The van der Waals surface area contributed by atoms with Crippen LogP contribution >= 0.6 is 11.6 Å². The topological polar surface area (TPSA) is 54.1 Å². The van der Waals surface area contributed by atoms with Crippen LogP contribution in [0, 0.1) is 0 Å². The van der Waals surface area contributed by atoms with Gasteiger partial charge in [-0.25, -0.2) is 4.79 Å². The highest BCUT2D eigenvalue weighted by atomic mass is 35.5. The molecule has 2 N–H and O–H groups in total. The predicted molar refractivity (Wildman–Crippen MR) is 60.5 cm³/mol. The Balaban J connectivity index is 2.07. The Morgan fingerprint density at radius 1 is 1.44 bits per heavy atom. The number of aromatic nitrogens is 1. The van der Waals surface area contributed by atoms with Gasteiger partial charge in [-0.1, -0.05) is 17.7 Å². The number of fused-ring (bicyclic) bond motifs is 1. The number of cyclic esters (lactones) is 1. The van der Waals surface area contributed by atoms with Crippen LogP contribution in [0.4, 0.5) is 4.79 Å². The van der Waals surface area contributed by atoms with E-state index >= 15 is 0 Å². The van der Waals surface area contributed by atoms with E-state index in [1.165, 1.54) is 0 Å². The Hall–Kier alpha value is -1.68. The lowest BCUT2D eigenvalue weighted by atomic mass is 10.1. The van der Waals surface area contributed by atoms with Crippen molar-refractivity contribution in [2.24, 2.45) is 0 Å². The van der Waals surface area contributed by atoms with Crippen molar-refractivity contribution in [3.63, 3.8) is 0 Å². The van der Waals surface area contributed by atoms with Crippen LogP contribution in [0.3, 0.4) is 0 Å². The van der Waals surface area contributed by atoms with Gasteiger partial charge in [0.1, 0.15) is 6.10 Å². The van der Waals surface area contributed by atoms with Gasteiger partial charge in [0.2, 0.25) is 0 Å². The van der Waals surface area contributed by atoms with Crippen LogP contribution in [0.2, 0.25) is 5.02 Å². The summed E-state index contributed by atoms with van der Waals surface area (Å²) < 4.78 is 5.14. The van der Waals surface area contributed by atoms with E-state index in [9.17, 15) is 4.79 Å². The molecule has 16 heavy (non-hydrogen) atoms. The standard InChI is InChI=1S/C11H9ClN2O2/c12-6-1-2-7-8(4-13-9(7)3-6)10-5-14-11(15)16-10/h1-4,10,13H,5H2,(H,14,15). The summed E-state index contributed by atoms with van der Waals surface area (Å²) in [6.07, 6.45) is 1.27. The van der Waals surface area contributed by atoms with Crippen LogP contribution in [-0.2, 0) is 4.74 Å². The molecule has 1 saturated heterocycles. The van der Waals surface area contributed by atoms with Crippen LogP contribution < -0.4 is 5.32 Å². The van der Waals surface area contributed by atoms with Gasteiger partial charge in [0.05, 0.1) is 6.54 Å². The van der Waals surface area contributed by atoms with Crippen molar-refractivity contribution in [3.8, 4) is 0 Å². The number of carbonyl (C=O) groups is 1. The highest BCUT2D eigenvalue weighted by Gasteiger charge is 2.26. The third-order valence-electron chi connectivity index (χ3n) is 2.70. The molecule has 1 amide bonds. The van der Waals surface area contributed by atoms with E-state index in [2.05, 4.69) is 10.3 Å². The normalized spacial score (nSPS) is 19.8. The van der Waals surface area contributed by atoms with E-state index in [0.717, 1.165) is 16.5 Å². The van der Waals surface area contributed by atoms with Crippen LogP contribution in [0.25, 0.3) is 10.9 Å². The quantitative estimate of drug-likeness (QED) is 0.800. The fourth-order valence-electron chi connectivity index (χ4n) is 1.95. The maximum absolute atomic E-state index is 11.0. The largest absolute Gasteiger partial charge is 0.439 e. The van der Waals surface area contributed by atoms with E-state index in [-0.39, 0.29) is 12.2 Å². The summed E-state index contributed by atoms with van der Waals surface area (Å²) in [7, 11) is 0. The average Bonchev–Trinajstić information content (AvgIpc) is 2.83. The highest BCUT2D eigenvalue weighted by Crippen LogP contribution is 2.29. The Bertz CT molecular complexity index is 564. The van der Waals surface area contributed by atoms with Crippen molar-refractivity contribution >= 4 is 28.6 Å². The molecule has 0 radical (unpaired) electrons. The van der Waals surface area contributed by atoms with Gasteiger partial charge in [0, 0.05) is 27.7 Å². The van der Waals surface area contributed by atoms with Crippen molar-refractivity contribution < 1.29 is 9.53 Å². The minimum absolute atomic E-state index is 0.220. The summed E-state index contributed by atoms with van der Waals surface area (Å²) in [5.41, 5.74) is 1.93. The molecule has 2 heterocycles. The van der Waals surface area contributed by atoms with Gasteiger partial charge in [0.25, 0.3) is 0 Å². The summed E-state index contributed by atoms with van der Waals surface area (Å²) in [6.45, 7) is 0.508. The molecule has 4 nitrogen and oxygen atoms in total. The van der Waals surface area contributed by atoms with Crippen molar-refractivity contribution in [2.75, 3.05) is 6.54 Å². The van der Waals surface area contributed by atoms with Crippen LogP contribution in [0.15, 0.2) is 24.4 Å². The van der Waals surface area contributed by atoms with Crippen molar-refractivity contribution in [1.29, 1.82) is 0 Å². The fourth-order valence-corrected chi connectivity index (χ4v) is 2.12. The zero-order chi connectivity index (χ0) is 11.1. The maximum Gasteiger partial charge on any atom is 0.407 e. The number of nitrogens with one attached hydrogen (secondary N) is 2. The number of rotatable bonds is 1. The lowest BCUT2D eigenvalue weighted by Crippen LogP contribution is -2.12. The Kier molecular flexibility index (Phi) is 2.04. The summed E-state index contributed by atoms with van der Waals surface area (Å²) in [5, 5.41) is 4.35. The zero-order valence-electron chi connectivity index (χ0n) is 8.29. The number of hydrogen-bond donors (Lipinski definition) is 2. The van der Waals surface area contributed by atoms with E-state index < -0.39 is 0 Å². The van der Waals surface area contributed by atoms with E-state index in [1.54, 1.807) is 0 Å². The van der Waals surface area contributed by atoms with Gasteiger partial charge in [-0.3, -0.25) is 0 Å². The molecule has 1 aliphatic rings. The lowest BCUT2D eigenvalue weighted by molar-refractivity contribution is 0.142. The number of ether oxygens (including phenoxy) is 1. The zero-order valence-corrected chi connectivity index (χ0v) is 9.04. The molecular formula is C11H9ClN2O2. The first-order valence-corrected chi connectivity index (χ1v) is 5.33. The molecule has 2 aromatic rings. The molecule has 0 saturated carbocycles. The summed E-state index contributed by atoms with van der Waals surface area (Å²) in [6, 6.07) is 5.60. The number of hydrogen-bond acceptors (Lipinski definition) is 2. The first-order chi connectivity index (χ1) is 7.74. The second-order valence-corrected chi connectivity index (χ2v) is 4.15. The number of H-pyrrole nitrogens is 1. The monoisotopic (exact) mass is 236 g/mol. The lowest BCUT2D eigenvalue weighted by Gasteiger charge is -2.05. The Labute approximate surface area is 96.5 Å². The first kappa shape index (κ1) is 9.54. The highest BCUT2D eigenvalue weighted by molar-refractivity contribution is 6.31. The van der Waals surface area contributed by atoms with E-state index in [1.807, 2.05) is 24.4 Å². The number of benzene rings is 1. The SMILES string of the molecule is O=C1NCC(c2c[nH]c3cc(Cl)ccc23)O1. The van der Waals surface area contributed by atoms with Crippen molar-refractivity contribution in [3.05, 3.63) is 35.0 Å². The number of amides is 1. The second-order valence-electron chi connectivity index (χ2n) is 3.71. The molecule has 0 aliphatic carbocycles. The third kappa shape index (κ3) is 1.42. The van der Waals surface area contributed by atoms with Crippen LogP contribution in [-0.4, -0.2) is 17.6 Å². The predicted octanol–water partition coefficient (Wildman–Crippen LogP) is 2.60. The molecule has 1 atom stereocenters. The second kappa shape index (κ2) is 3.42. The number of aromatic amines is 1. The molecule has 0 spiro atoms. The molecular weight excluding hydrogens is 228 g/mol. The minimum Gasteiger partial charge on any atom is -0.439 e. The molecule has 3 rings (SSSR count). The van der Waals surface area contributed by atoms with Crippen LogP contribution in [0.1, 0.15) is 11.7 Å². The van der Waals surface area contributed by atoms with Gasteiger partial charge >= 0.3 is 6.09 Å². The summed E-state index contributed by atoms with van der Waals surface area (Å²) in [4.78, 5) is 14.1. The smallest absolute Gasteiger partial charge is 0.407 e. The maximum atomic E-state index is 11.0. The Morgan fingerprint density at radius 3 is 3.06 bits per heavy atom. The van der Waals surface area contributed by atoms with Gasteiger partial charge in [-0.05, 0) is 12.1 Å². The van der Waals surface area contributed by atoms with E-state index in [4.69, 9.17) is 16.3 Å². The molecule has 1 unspecified atom stereocenters. The summed E-state index contributed by atoms with van der Waals surface area (Å²) >= 11 is 5.89.